The molecule has 23 heavy (non-hydrogen) atoms. The lowest BCUT2D eigenvalue weighted by Crippen LogP contribution is -2.12. The summed E-state index contributed by atoms with van der Waals surface area (Å²) in [6, 6.07) is 10.9. The van der Waals surface area contributed by atoms with Crippen molar-refractivity contribution in [3.05, 3.63) is 53.6 Å². The zero-order chi connectivity index (χ0) is 17.5. The highest BCUT2D eigenvalue weighted by Crippen LogP contribution is 2.23. The fraction of sp³-hybridized carbons (Fsp3) is 0.278. The first-order valence-corrected chi connectivity index (χ1v) is 6.92. The second kappa shape index (κ2) is 7.95. The Morgan fingerprint density at radius 1 is 1.09 bits per heavy atom. The maximum atomic E-state index is 12.1. The van der Waals surface area contributed by atoms with Gasteiger partial charge in [-0.05, 0) is 25.5 Å². The van der Waals surface area contributed by atoms with E-state index in [1.807, 2.05) is 6.07 Å². The van der Waals surface area contributed by atoms with Crippen molar-refractivity contribution in [2.24, 2.45) is 5.41 Å². The molecule has 0 heterocycles. The Balaban J connectivity index is 3.49. The van der Waals surface area contributed by atoms with E-state index >= 15 is 0 Å². The van der Waals surface area contributed by atoms with Gasteiger partial charge in [-0.2, -0.15) is 5.26 Å². The molecular formula is C18H19NO4. The molecule has 0 fully saturated rings. The molecule has 120 valence electrons. The smallest absolute Gasteiger partial charge is 0.338 e. The minimum atomic E-state index is -0.891. The van der Waals surface area contributed by atoms with Crippen LogP contribution in [0.1, 0.15) is 19.4 Å². The molecule has 0 aliphatic carbocycles. The number of nitriles is 1. The number of esters is 2. The molecule has 0 aliphatic rings. The molecule has 5 nitrogen and oxygen atoms in total. The fourth-order valence-corrected chi connectivity index (χ4v) is 1.84. The van der Waals surface area contributed by atoms with E-state index in [1.54, 1.807) is 38.1 Å². The maximum Gasteiger partial charge on any atom is 0.338 e. The molecule has 5 heteroatoms. The molecule has 0 atom stereocenters. The standard InChI is InChI=1S/C18H19NO4/c1-18(2,12-19)11-14(16(20)22-3)10-15(17(21)23-4)13-8-6-5-7-9-13/h5-11H,1-4H3/b14-11-,15-10-. The molecule has 1 aromatic rings. The van der Waals surface area contributed by atoms with Gasteiger partial charge in [0.2, 0.25) is 0 Å². The summed E-state index contributed by atoms with van der Waals surface area (Å²) in [4.78, 5) is 24.0. The average Bonchev–Trinajstić information content (AvgIpc) is 2.57. The third-order valence-corrected chi connectivity index (χ3v) is 3.02. The van der Waals surface area contributed by atoms with Crippen molar-refractivity contribution < 1.29 is 19.1 Å². The average molecular weight is 313 g/mol. The lowest BCUT2D eigenvalue weighted by Gasteiger charge is -2.12. The van der Waals surface area contributed by atoms with Gasteiger partial charge >= 0.3 is 11.9 Å². The van der Waals surface area contributed by atoms with Crippen LogP contribution in [0.25, 0.3) is 5.57 Å². The number of methoxy groups -OCH3 is 2. The molecule has 0 bridgehead atoms. The van der Waals surface area contributed by atoms with Gasteiger partial charge in [0.1, 0.15) is 0 Å². The number of allylic oxidation sites excluding steroid dienone is 1. The molecule has 0 radical (unpaired) electrons. The number of rotatable bonds is 5. The Morgan fingerprint density at radius 3 is 2.13 bits per heavy atom. The number of carbonyl (C=O) groups is 2. The van der Waals surface area contributed by atoms with Gasteiger partial charge in [0.05, 0.1) is 36.9 Å². The van der Waals surface area contributed by atoms with Gasteiger partial charge in [-0.25, -0.2) is 9.59 Å². The summed E-state index contributed by atoms with van der Waals surface area (Å²) in [6.07, 6.45) is 2.84. The fourth-order valence-electron chi connectivity index (χ4n) is 1.84. The van der Waals surface area contributed by atoms with Crippen molar-refractivity contribution in [3.8, 4) is 6.07 Å². The summed E-state index contributed by atoms with van der Waals surface area (Å²) in [5.41, 5.74) is 0.0310. The maximum absolute atomic E-state index is 12.1. The molecular weight excluding hydrogens is 294 g/mol. The van der Waals surface area contributed by atoms with Crippen LogP contribution in [0.5, 0.6) is 0 Å². The number of benzene rings is 1. The van der Waals surface area contributed by atoms with Gasteiger partial charge in [0.25, 0.3) is 0 Å². The molecule has 0 aliphatic heterocycles. The first kappa shape index (κ1) is 18.2. The molecule has 1 rings (SSSR count). The van der Waals surface area contributed by atoms with E-state index in [0.29, 0.717) is 5.56 Å². The lowest BCUT2D eigenvalue weighted by atomic mass is 9.91. The predicted molar refractivity (Wildman–Crippen MR) is 85.9 cm³/mol. The van der Waals surface area contributed by atoms with E-state index in [2.05, 4.69) is 6.07 Å². The van der Waals surface area contributed by atoms with Crippen LogP contribution in [0.4, 0.5) is 0 Å². The second-order valence-corrected chi connectivity index (χ2v) is 5.34. The summed E-state index contributed by atoms with van der Waals surface area (Å²) >= 11 is 0. The molecule has 0 unspecified atom stereocenters. The summed E-state index contributed by atoms with van der Waals surface area (Å²) in [7, 11) is 2.50. The molecule has 0 saturated carbocycles. The third kappa shape index (κ3) is 5.11. The Hall–Kier alpha value is -2.87. The topological polar surface area (TPSA) is 76.4 Å². The van der Waals surface area contributed by atoms with Gasteiger partial charge in [0.15, 0.2) is 0 Å². The van der Waals surface area contributed by atoms with E-state index in [4.69, 9.17) is 14.7 Å². The molecule has 0 amide bonds. The highest BCUT2D eigenvalue weighted by molar-refractivity contribution is 6.18. The largest absolute Gasteiger partial charge is 0.465 e. The number of ether oxygens (including phenoxy) is 2. The van der Waals surface area contributed by atoms with Gasteiger partial charge < -0.3 is 9.47 Å². The summed E-state index contributed by atoms with van der Waals surface area (Å²) in [5.74, 6) is -1.22. The Labute approximate surface area is 135 Å². The highest BCUT2D eigenvalue weighted by atomic mass is 16.5. The minimum Gasteiger partial charge on any atom is -0.465 e. The Kier molecular flexibility index (Phi) is 6.28. The van der Waals surface area contributed by atoms with Crippen LogP contribution in [0.3, 0.4) is 0 Å². The monoisotopic (exact) mass is 313 g/mol. The van der Waals surface area contributed by atoms with Crippen LogP contribution in [0, 0.1) is 16.7 Å². The van der Waals surface area contributed by atoms with Crippen molar-refractivity contribution in [1.82, 2.24) is 0 Å². The van der Waals surface area contributed by atoms with Crippen LogP contribution < -0.4 is 0 Å². The van der Waals surface area contributed by atoms with Crippen molar-refractivity contribution in [3.63, 3.8) is 0 Å². The van der Waals surface area contributed by atoms with Crippen LogP contribution in [-0.4, -0.2) is 26.2 Å². The summed E-state index contributed by atoms with van der Waals surface area (Å²) < 4.78 is 9.53. The van der Waals surface area contributed by atoms with Crippen LogP contribution in [0.15, 0.2) is 48.1 Å². The quantitative estimate of drug-likeness (QED) is 0.474. The van der Waals surface area contributed by atoms with E-state index in [0.717, 1.165) is 0 Å². The third-order valence-electron chi connectivity index (χ3n) is 3.02. The predicted octanol–water partition coefficient (Wildman–Crippen LogP) is 2.89. The second-order valence-electron chi connectivity index (χ2n) is 5.34. The minimum absolute atomic E-state index is 0.114. The molecule has 0 spiro atoms. The van der Waals surface area contributed by atoms with Crippen molar-refractivity contribution in [2.75, 3.05) is 14.2 Å². The normalized spacial score (nSPS) is 12.3. The Bertz CT molecular complexity index is 679. The summed E-state index contributed by atoms with van der Waals surface area (Å²) in [5, 5.41) is 9.14. The van der Waals surface area contributed by atoms with Gasteiger partial charge in [-0.3, -0.25) is 0 Å². The van der Waals surface area contributed by atoms with Gasteiger partial charge in [0, 0.05) is 0 Å². The number of carbonyl (C=O) groups excluding carboxylic acids is 2. The SMILES string of the molecule is COC(=O)C(=C\C(C)(C)C#N)/C=C(\C(=O)OC)c1ccccc1. The van der Waals surface area contributed by atoms with Gasteiger partial charge in [-0.1, -0.05) is 36.4 Å². The number of nitrogens with zero attached hydrogens (tertiary/aromatic N) is 1. The highest BCUT2D eigenvalue weighted by Gasteiger charge is 2.20. The van der Waals surface area contributed by atoms with Gasteiger partial charge in [-0.15, -0.1) is 0 Å². The molecule has 0 saturated heterocycles. The number of hydrogen-bond acceptors (Lipinski definition) is 5. The van der Waals surface area contributed by atoms with E-state index in [1.165, 1.54) is 26.4 Å². The molecule has 1 aromatic carbocycles. The van der Waals surface area contributed by atoms with E-state index in [9.17, 15) is 9.59 Å². The van der Waals surface area contributed by atoms with Crippen LogP contribution in [0.2, 0.25) is 0 Å². The Morgan fingerprint density at radius 2 is 1.65 bits per heavy atom. The lowest BCUT2D eigenvalue weighted by molar-refractivity contribution is -0.135. The van der Waals surface area contributed by atoms with E-state index < -0.39 is 17.4 Å². The van der Waals surface area contributed by atoms with Crippen LogP contribution in [-0.2, 0) is 19.1 Å². The zero-order valence-electron chi connectivity index (χ0n) is 13.6. The van der Waals surface area contributed by atoms with E-state index in [-0.39, 0.29) is 11.1 Å². The first-order valence-electron chi connectivity index (χ1n) is 6.92. The summed E-state index contributed by atoms with van der Waals surface area (Å²) in [6.45, 7) is 3.31. The molecule has 0 N–H and O–H groups in total. The number of hydrogen-bond donors (Lipinski definition) is 0. The van der Waals surface area contributed by atoms with Crippen LogP contribution >= 0.6 is 0 Å². The van der Waals surface area contributed by atoms with Crippen molar-refractivity contribution in [1.29, 1.82) is 5.26 Å². The van der Waals surface area contributed by atoms with Crippen molar-refractivity contribution in [2.45, 2.75) is 13.8 Å². The van der Waals surface area contributed by atoms with Crippen molar-refractivity contribution >= 4 is 17.5 Å². The first-order chi connectivity index (χ1) is 10.8. The zero-order valence-corrected chi connectivity index (χ0v) is 13.6. The molecule has 0 aromatic heterocycles.